The second-order valence-electron chi connectivity index (χ2n) is 6.45. The molecular weight excluding hydrogens is 254 g/mol. The largest absolute Gasteiger partial charge is 0.379 e. The van der Waals surface area contributed by atoms with E-state index in [0.29, 0.717) is 5.92 Å². The molecule has 0 unspecified atom stereocenters. The molecule has 0 bridgehead atoms. The summed E-state index contributed by atoms with van der Waals surface area (Å²) in [6, 6.07) is -0.342. The molecule has 0 aromatic heterocycles. The standard InChI is InChI=1S/C15H29N3O2/c1-12(2)14(16)15(19)18-5-3-13(4-6-18)11-17-7-9-20-10-8-17/h12-14H,3-11,16H2,1-2H3/t14-/m0/s1. The van der Waals surface area contributed by atoms with Crippen molar-refractivity contribution in [2.75, 3.05) is 45.9 Å². The van der Waals surface area contributed by atoms with Crippen molar-refractivity contribution in [1.29, 1.82) is 0 Å². The van der Waals surface area contributed by atoms with Crippen molar-refractivity contribution in [1.82, 2.24) is 9.80 Å². The van der Waals surface area contributed by atoms with Crippen molar-refractivity contribution in [3.05, 3.63) is 0 Å². The Labute approximate surface area is 122 Å². The molecule has 2 aliphatic rings. The lowest BCUT2D eigenvalue weighted by atomic mass is 9.94. The minimum Gasteiger partial charge on any atom is -0.379 e. The normalized spacial score (nSPS) is 24.1. The van der Waals surface area contributed by atoms with Gasteiger partial charge in [-0.2, -0.15) is 0 Å². The van der Waals surface area contributed by atoms with Crippen molar-refractivity contribution in [3.8, 4) is 0 Å². The summed E-state index contributed by atoms with van der Waals surface area (Å²) < 4.78 is 5.38. The fraction of sp³-hybridized carbons (Fsp3) is 0.933. The van der Waals surface area contributed by atoms with Gasteiger partial charge in [-0.25, -0.2) is 0 Å². The monoisotopic (exact) mass is 283 g/mol. The first-order valence-corrected chi connectivity index (χ1v) is 7.92. The van der Waals surface area contributed by atoms with Crippen LogP contribution in [0.2, 0.25) is 0 Å². The number of morpholine rings is 1. The summed E-state index contributed by atoms with van der Waals surface area (Å²) in [5, 5.41) is 0. The average molecular weight is 283 g/mol. The van der Waals surface area contributed by atoms with E-state index in [9.17, 15) is 4.79 Å². The molecule has 1 atom stereocenters. The van der Waals surface area contributed by atoms with Gasteiger partial charge in [0.05, 0.1) is 19.3 Å². The van der Waals surface area contributed by atoms with Crippen molar-refractivity contribution >= 4 is 5.91 Å². The van der Waals surface area contributed by atoms with Gasteiger partial charge in [0.15, 0.2) is 0 Å². The van der Waals surface area contributed by atoms with E-state index in [0.717, 1.165) is 58.8 Å². The summed E-state index contributed by atoms with van der Waals surface area (Å²) in [7, 11) is 0. The first-order valence-electron chi connectivity index (χ1n) is 7.92. The van der Waals surface area contributed by atoms with Crippen molar-refractivity contribution in [3.63, 3.8) is 0 Å². The molecule has 0 saturated carbocycles. The number of carbonyl (C=O) groups is 1. The lowest BCUT2D eigenvalue weighted by molar-refractivity contribution is -0.135. The molecule has 2 N–H and O–H groups in total. The third kappa shape index (κ3) is 4.17. The maximum atomic E-state index is 12.2. The number of ether oxygens (including phenoxy) is 1. The Morgan fingerprint density at radius 2 is 1.80 bits per heavy atom. The fourth-order valence-electron chi connectivity index (χ4n) is 2.98. The number of hydrogen-bond donors (Lipinski definition) is 1. The quantitative estimate of drug-likeness (QED) is 0.818. The van der Waals surface area contributed by atoms with Crippen LogP contribution in [0.4, 0.5) is 0 Å². The van der Waals surface area contributed by atoms with Crippen LogP contribution in [0.1, 0.15) is 26.7 Å². The van der Waals surface area contributed by atoms with Gasteiger partial charge in [0.25, 0.3) is 0 Å². The molecule has 5 nitrogen and oxygen atoms in total. The zero-order valence-electron chi connectivity index (χ0n) is 12.9. The van der Waals surface area contributed by atoms with Crippen LogP contribution in [0, 0.1) is 11.8 Å². The topological polar surface area (TPSA) is 58.8 Å². The van der Waals surface area contributed by atoms with E-state index in [4.69, 9.17) is 10.5 Å². The van der Waals surface area contributed by atoms with Gasteiger partial charge in [0.1, 0.15) is 0 Å². The first kappa shape index (κ1) is 15.7. The van der Waals surface area contributed by atoms with Gasteiger partial charge in [-0.3, -0.25) is 9.69 Å². The molecule has 1 amide bonds. The minimum absolute atomic E-state index is 0.129. The smallest absolute Gasteiger partial charge is 0.239 e. The summed E-state index contributed by atoms with van der Waals surface area (Å²) in [6.45, 7) is 10.7. The molecule has 0 aliphatic carbocycles. The maximum Gasteiger partial charge on any atom is 0.239 e. The number of piperidine rings is 1. The maximum absolute atomic E-state index is 12.2. The average Bonchev–Trinajstić information content (AvgIpc) is 2.47. The predicted molar refractivity (Wildman–Crippen MR) is 79.4 cm³/mol. The molecule has 2 rings (SSSR count). The number of likely N-dealkylation sites (tertiary alicyclic amines) is 1. The van der Waals surface area contributed by atoms with E-state index < -0.39 is 0 Å². The molecule has 0 aromatic rings. The molecule has 0 spiro atoms. The van der Waals surface area contributed by atoms with Crippen LogP contribution in [0.5, 0.6) is 0 Å². The zero-order chi connectivity index (χ0) is 14.5. The zero-order valence-corrected chi connectivity index (χ0v) is 12.9. The molecule has 2 fully saturated rings. The SMILES string of the molecule is CC(C)[C@H](N)C(=O)N1CCC(CN2CCOCC2)CC1. The van der Waals surface area contributed by atoms with Crippen LogP contribution >= 0.6 is 0 Å². The van der Waals surface area contributed by atoms with E-state index in [1.165, 1.54) is 0 Å². The van der Waals surface area contributed by atoms with Crippen LogP contribution in [-0.4, -0.2) is 67.7 Å². The molecule has 116 valence electrons. The number of hydrogen-bond acceptors (Lipinski definition) is 4. The van der Waals surface area contributed by atoms with E-state index in [1.807, 2.05) is 18.7 Å². The summed E-state index contributed by atoms with van der Waals surface area (Å²) in [5.74, 6) is 1.06. The highest BCUT2D eigenvalue weighted by molar-refractivity contribution is 5.82. The van der Waals surface area contributed by atoms with Gasteiger partial charge in [-0.15, -0.1) is 0 Å². The van der Waals surface area contributed by atoms with Crippen molar-refractivity contribution < 1.29 is 9.53 Å². The molecule has 2 heterocycles. The highest BCUT2D eigenvalue weighted by Gasteiger charge is 2.28. The Kier molecular flexibility index (Phi) is 5.81. The third-order valence-electron chi connectivity index (χ3n) is 4.55. The molecule has 20 heavy (non-hydrogen) atoms. The molecule has 5 heteroatoms. The van der Waals surface area contributed by atoms with Crippen LogP contribution in [0.15, 0.2) is 0 Å². The van der Waals surface area contributed by atoms with Crippen LogP contribution in [-0.2, 0) is 9.53 Å². The van der Waals surface area contributed by atoms with Crippen LogP contribution in [0.3, 0.4) is 0 Å². The van der Waals surface area contributed by atoms with E-state index >= 15 is 0 Å². The summed E-state index contributed by atoms with van der Waals surface area (Å²) in [4.78, 5) is 16.7. The van der Waals surface area contributed by atoms with Gasteiger partial charge in [0.2, 0.25) is 5.91 Å². The molecule has 0 aromatic carbocycles. The second-order valence-corrected chi connectivity index (χ2v) is 6.45. The third-order valence-corrected chi connectivity index (χ3v) is 4.55. The number of nitrogens with zero attached hydrogens (tertiary/aromatic N) is 2. The lowest BCUT2D eigenvalue weighted by Crippen LogP contribution is -2.50. The van der Waals surface area contributed by atoms with Gasteiger partial charge in [-0.05, 0) is 24.7 Å². The summed E-state index contributed by atoms with van der Waals surface area (Å²) >= 11 is 0. The van der Waals surface area contributed by atoms with Crippen molar-refractivity contribution in [2.45, 2.75) is 32.7 Å². The first-order chi connectivity index (χ1) is 9.58. The molecular formula is C15H29N3O2. The second kappa shape index (κ2) is 7.38. The number of amides is 1. The summed E-state index contributed by atoms with van der Waals surface area (Å²) in [5.41, 5.74) is 5.96. The van der Waals surface area contributed by atoms with Crippen LogP contribution in [0.25, 0.3) is 0 Å². The Morgan fingerprint density at radius 3 is 2.35 bits per heavy atom. The predicted octanol–water partition coefficient (Wildman–Crippen LogP) is 0.541. The lowest BCUT2D eigenvalue weighted by Gasteiger charge is -2.37. The Bertz CT molecular complexity index is 308. The fourth-order valence-corrected chi connectivity index (χ4v) is 2.98. The number of rotatable bonds is 4. The highest BCUT2D eigenvalue weighted by atomic mass is 16.5. The van der Waals surface area contributed by atoms with E-state index in [1.54, 1.807) is 0 Å². The Hall–Kier alpha value is -0.650. The minimum atomic E-state index is -0.342. The van der Waals surface area contributed by atoms with Gasteiger partial charge >= 0.3 is 0 Å². The number of carbonyl (C=O) groups excluding carboxylic acids is 1. The van der Waals surface area contributed by atoms with E-state index in [2.05, 4.69) is 4.90 Å². The highest BCUT2D eigenvalue weighted by Crippen LogP contribution is 2.20. The van der Waals surface area contributed by atoms with Crippen LogP contribution < -0.4 is 5.73 Å². The molecule has 0 radical (unpaired) electrons. The van der Waals surface area contributed by atoms with Gasteiger partial charge < -0.3 is 15.4 Å². The van der Waals surface area contributed by atoms with Gasteiger partial charge in [0, 0.05) is 32.7 Å². The van der Waals surface area contributed by atoms with E-state index in [-0.39, 0.29) is 17.9 Å². The van der Waals surface area contributed by atoms with Gasteiger partial charge in [-0.1, -0.05) is 13.8 Å². The number of nitrogens with two attached hydrogens (primary N) is 1. The molecule has 2 aliphatic heterocycles. The molecule has 2 saturated heterocycles. The Morgan fingerprint density at radius 1 is 1.20 bits per heavy atom. The van der Waals surface area contributed by atoms with Crippen molar-refractivity contribution in [2.24, 2.45) is 17.6 Å². The Balaban J connectivity index is 1.73. The summed E-state index contributed by atoms with van der Waals surface area (Å²) in [6.07, 6.45) is 2.21.